The number of aromatic nitrogens is 1. The molecule has 2 N–H and O–H groups in total. The summed E-state index contributed by atoms with van der Waals surface area (Å²) in [5.41, 5.74) is 0.222. The Labute approximate surface area is 205 Å². The quantitative estimate of drug-likeness (QED) is 0.529. The summed E-state index contributed by atoms with van der Waals surface area (Å²) in [5, 5.41) is 5.24. The molecule has 186 valence electrons. The van der Waals surface area contributed by atoms with Crippen LogP contribution in [0.5, 0.6) is 0 Å². The number of alkyl halides is 3. The molecule has 4 rings (SSSR count). The molecule has 0 unspecified atom stereocenters. The third-order valence-corrected chi connectivity index (χ3v) is 5.90. The molecule has 1 fully saturated rings. The molecule has 0 spiro atoms. The van der Waals surface area contributed by atoms with Crippen LogP contribution in [0.3, 0.4) is 0 Å². The van der Waals surface area contributed by atoms with E-state index < -0.39 is 17.6 Å². The van der Waals surface area contributed by atoms with E-state index in [0.717, 1.165) is 12.1 Å². The molecule has 0 radical (unpaired) electrons. The van der Waals surface area contributed by atoms with Gasteiger partial charge in [0, 0.05) is 48.3 Å². The lowest BCUT2D eigenvalue weighted by Gasteiger charge is -2.31. The lowest BCUT2D eigenvalue weighted by Crippen LogP contribution is -2.41. The van der Waals surface area contributed by atoms with Crippen molar-refractivity contribution in [1.29, 1.82) is 0 Å². The van der Waals surface area contributed by atoms with Crippen molar-refractivity contribution < 1.29 is 27.6 Å². The lowest BCUT2D eigenvalue weighted by molar-refractivity contribution is -0.137. The van der Waals surface area contributed by atoms with E-state index in [1.54, 1.807) is 35.4 Å². The molecule has 7 nitrogen and oxygen atoms in total. The zero-order valence-electron chi connectivity index (χ0n) is 19.1. The van der Waals surface area contributed by atoms with Crippen LogP contribution in [0, 0.1) is 5.92 Å². The third-order valence-electron chi connectivity index (χ3n) is 5.90. The zero-order valence-corrected chi connectivity index (χ0v) is 19.1. The highest BCUT2D eigenvalue weighted by Crippen LogP contribution is 2.31. The summed E-state index contributed by atoms with van der Waals surface area (Å²) in [6, 6.07) is 13.9. The highest BCUT2D eigenvalue weighted by molar-refractivity contribution is 6.05. The number of halogens is 3. The first-order valence-electron chi connectivity index (χ1n) is 11.3. The first kappa shape index (κ1) is 24.9. The van der Waals surface area contributed by atoms with Crippen LogP contribution < -0.4 is 10.6 Å². The predicted molar refractivity (Wildman–Crippen MR) is 127 cm³/mol. The highest BCUT2D eigenvalue weighted by atomic mass is 19.4. The Hall–Kier alpha value is -4.21. The maximum Gasteiger partial charge on any atom is 0.416 e. The van der Waals surface area contributed by atoms with Crippen molar-refractivity contribution in [3.05, 3.63) is 89.7 Å². The first-order valence-corrected chi connectivity index (χ1v) is 11.3. The summed E-state index contributed by atoms with van der Waals surface area (Å²) in [5.74, 6) is -1.25. The van der Waals surface area contributed by atoms with Gasteiger partial charge in [0.05, 0.1) is 11.1 Å². The predicted octanol–water partition coefficient (Wildman–Crippen LogP) is 4.84. The van der Waals surface area contributed by atoms with Gasteiger partial charge in [-0.05, 0) is 61.4 Å². The Bertz CT molecular complexity index is 1260. The molecule has 0 aliphatic carbocycles. The van der Waals surface area contributed by atoms with Crippen molar-refractivity contribution >= 4 is 29.1 Å². The van der Waals surface area contributed by atoms with Gasteiger partial charge in [0.15, 0.2) is 0 Å². The van der Waals surface area contributed by atoms with Gasteiger partial charge in [-0.3, -0.25) is 19.4 Å². The van der Waals surface area contributed by atoms with Crippen LogP contribution in [0.2, 0.25) is 0 Å². The molecule has 0 atom stereocenters. The summed E-state index contributed by atoms with van der Waals surface area (Å²) in [7, 11) is 0. The van der Waals surface area contributed by atoms with Gasteiger partial charge in [0.1, 0.15) is 0 Å². The van der Waals surface area contributed by atoms with Crippen LogP contribution in [-0.4, -0.2) is 40.7 Å². The average molecular weight is 496 g/mol. The van der Waals surface area contributed by atoms with E-state index in [0.29, 0.717) is 37.2 Å². The number of amides is 3. The van der Waals surface area contributed by atoms with E-state index in [-0.39, 0.29) is 29.0 Å². The summed E-state index contributed by atoms with van der Waals surface area (Å²) in [6.07, 6.45) is -0.428. The summed E-state index contributed by atoms with van der Waals surface area (Å²) in [6.45, 7) is 0.872. The molecule has 1 aromatic heterocycles. The molecule has 0 bridgehead atoms. The fourth-order valence-corrected chi connectivity index (χ4v) is 3.98. The number of hydrogen-bond acceptors (Lipinski definition) is 4. The maximum absolute atomic E-state index is 12.9. The van der Waals surface area contributed by atoms with E-state index in [2.05, 4.69) is 15.6 Å². The topological polar surface area (TPSA) is 91.4 Å². The largest absolute Gasteiger partial charge is 0.416 e. The normalized spacial score (nSPS) is 14.2. The number of rotatable bonds is 5. The fraction of sp³-hybridized carbons (Fsp3) is 0.231. The average Bonchev–Trinajstić information content (AvgIpc) is 2.88. The Morgan fingerprint density at radius 2 is 1.53 bits per heavy atom. The molecule has 1 aliphatic heterocycles. The van der Waals surface area contributed by atoms with Gasteiger partial charge in [0.25, 0.3) is 11.8 Å². The zero-order chi connectivity index (χ0) is 25.7. The van der Waals surface area contributed by atoms with Gasteiger partial charge in [-0.2, -0.15) is 13.2 Å². The minimum Gasteiger partial charge on any atom is -0.339 e. The molecule has 36 heavy (non-hydrogen) atoms. The van der Waals surface area contributed by atoms with Crippen molar-refractivity contribution in [3.8, 4) is 0 Å². The lowest BCUT2D eigenvalue weighted by atomic mass is 9.95. The second kappa shape index (κ2) is 10.6. The van der Waals surface area contributed by atoms with Crippen molar-refractivity contribution in [1.82, 2.24) is 9.88 Å². The number of nitrogens with one attached hydrogen (secondary N) is 2. The van der Waals surface area contributed by atoms with Crippen molar-refractivity contribution in [3.63, 3.8) is 0 Å². The van der Waals surface area contributed by atoms with Gasteiger partial charge in [-0.25, -0.2) is 0 Å². The second-order valence-electron chi connectivity index (χ2n) is 8.41. The number of nitrogens with zero attached hydrogens (tertiary/aromatic N) is 2. The van der Waals surface area contributed by atoms with Gasteiger partial charge in [-0.15, -0.1) is 0 Å². The highest BCUT2D eigenvalue weighted by Gasteiger charge is 2.31. The molecule has 1 saturated heterocycles. The third kappa shape index (κ3) is 6.07. The standard InChI is InChI=1S/C26H23F3N4O3/c27-26(28,29)20-6-2-8-22(15-20)32-24(35)18-4-1-7-21(14-18)31-23(34)17-9-12-33(13-10-17)25(36)19-5-3-11-30-16-19/h1-8,11,14-17H,9-10,12-13H2,(H,31,34)(H,32,35). The number of piperidine rings is 1. The first-order chi connectivity index (χ1) is 17.2. The van der Waals surface area contributed by atoms with E-state index in [9.17, 15) is 27.6 Å². The van der Waals surface area contributed by atoms with Crippen LogP contribution in [0.1, 0.15) is 39.1 Å². The number of carbonyl (C=O) groups excluding carboxylic acids is 3. The molecule has 3 amide bonds. The number of anilines is 2. The summed E-state index contributed by atoms with van der Waals surface area (Å²) < 4.78 is 38.8. The van der Waals surface area contributed by atoms with Crippen LogP contribution in [0.4, 0.5) is 24.5 Å². The van der Waals surface area contributed by atoms with Crippen molar-refractivity contribution in [2.45, 2.75) is 19.0 Å². The Morgan fingerprint density at radius 3 is 2.19 bits per heavy atom. The van der Waals surface area contributed by atoms with Gasteiger partial charge >= 0.3 is 6.18 Å². The summed E-state index contributed by atoms with van der Waals surface area (Å²) in [4.78, 5) is 43.6. The number of hydrogen-bond donors (Lipinski definition) is 2. The monoisotopic (exact) mass is 496 g/mol. The minimum absolute atomic E-state index is 0.0110. The van der Waals surface area contributed by atoms with Crippen LogP contribution >= 0.6 is 0 Å². The van der Waals surface area contributed by atoms with E-state index in [4.69, 9.17) is 0 Å². The molecule has 2 aromatic carbocycles. The van der Waals surface area contributed by atoms with Crippen molar-refractivity contribution in [2.75, 3.05) is 23.7 Å². The number of benzene rings is 2. The van der Waals surface area contributed by atoms with Gasteiger partial charge in [-0.1, -0.05) is 12.1 Å². The van der Waals surface area contributed by atoms with Gasteiger partial charge < -0.3 is 15.5 Å². The van der Waals surface area contributed by atoms with Gasteiger partial charge in [0.2, 0.25) is 5.91 Å². The van der Waals surface area contributed by atoms with E-state index in [1.165, 1.54) is 30.5 Å². The molecule has 0 saturated carbocycles. The van der Waals surface area contributed by atoms with E-state index >= 15 is 0 Å². The van der Waals surface area contributed by atoms with Crippen LogP contribution in [0.15, 0.2) is 73.1 Å². The molecule has 2 heterocycles. The van der Waals surface area contributed by atoms with Crippen LogP contribution in [0.25, 0.3) is 0 Å². The maximum atomic E-state index is 12.9. The molecule has 10 heteroatoms. The number of carbonyl (C=O) groups is 3. The Morgan fingerprint density at radius 1 is 0.861 bits per heavy atom. The number of likely N-dealkylation sites (tertiary alicyclic amines) is 1. The Balaban J connectivity index is 1.34. The summed E-state index contributed by atoms with van der Waals surface area (Å²) >= 11 is 0. The molecular weight excluding hydrogens is 473 g/mol. The van der Waals surface area contributed by atoms with E-state index in [1.807, 2.05) is 0 Å². The number of pyridine rings is 1. The SMILES string of the molecule is O=C(Nc1cccc(C(F)(F)F)c1)c1cccc(NC(=O)C2CCN(C(=O)c3cccnc3)CC2)c1. The smallest absolute Gasteiger partial charge is 0.339 e. The minimum atomic E-state index is -4.52. The molecule has 1 aliphatic rings. The Kier molecular flexibility index (Phi) is 7.33. The molecule has 3 aromatic rings. The van der Waals surface area contributed by atoms with Crippen LogP contribution in [-0.2, 0) is 11.0 Å². The van der Waals surface area contributed by atoms with Crippen molar-refractivity contribution in [2.24, 2.45) is 5.92 Å². The second-order valence-corrected chi connectivity index (χ2v) is 8.41. The molecular formula is C26H23F3N4O3. The fourth-order valence-electron chi connectivity index (χ4n) is 3.98.